The highest BCUT2D eigenvalue weighted by molar-refractivity contribution is 5.69. The predicted octanol–water partition coefficient (Wildman–Crippen LogP) is 5.53. The minimum Gasteiger partial charge on any atom is -0.486 e. The van der Waals surface area contributed by atoms with Crippen molar-refractivity contribution in [1.82, 2.24) is 25.1 Å². The molecule has 3 aliphatic rings. The fourth-order valence-corrected chi connectivity index (χ4v) is 5.83. The van der Waals surface area contributed by atoms with Crippen molar-refractivity contribution in [2.45, 2.75) is 70.6 Å². The molecule has 224 valence electrons. The van der Waals surface area contributed by atoms with Crippen molar-refractivity contribution in [2.75, 3.05) is 6.61 Å². The van der Waals surface area contributed by atoms with E-state index >= 15 is 0 Å². The van der Waals surface area contributed by atoms with Crippen LogP contribution in [0.3, 0.4) is 0 Å². The summed E-state index contributed by atoms with van der Waals surface area (Å²) in [6, 6.07) is 15.5. The van der Waals surface area contributed by atoms with Crippen LogP contribution in [-0.2, 0) is 29.8 Å². The lowest BCUT2D eigenvalue weighted by molar-refractivity contribution is 0.112. The van der Waals surface area contributed by atoms with Crippen LogP contribution in [0.5, 0.6) is 5.75 Å². The molecule has 43 heavy (non-hydrogen) atoms. The van der Waals surface area contributed by atoms with Gasteiger partial charge in [-0.25, -0.2) is 14.2 Å². The summed E-state index contributed by atoms with van der Waals surface area (Å²) in [5.74, 6) is 0.763. The summed E-state index contributed by atoms with van der Waals surface area (Å²) in [7, 11) is 0. The number of halogens is 1. The maximum atomic E-state index is 14.1. The summed E-state index contributed by atoms with van der Waals surface area (Å²) >= 11 is 0. The molecule has 1 aliphatic carbocycles. The number of hydrogen-bond acceptors (Lipinski definition) is 8. The number of rotatable bonds is 10. The first-order chi connectivity index (χ1) is 20.9. The number of nitrogens with zero attached hydrogens (tertiary/aromatic N) is 4. The van der Waals surface area contributed by atoms with Crippen LogP contribution in [0.15, 0.2) is 63.8 Å². The van der Waals surface area contributed by atoms with Crippen molar-refractivity contribution in [3.05, 3.63) is 93.6 Å². The molecule has 11 heteroatoms. The van der Waals surface area contributed by atoms with Gasteiger partial charge in [0.25, 0.3) is 11.4 Å². The van der Waals surface area contributed by atoms with Crippen LogP contribution in [-0.4, -0.2) is 32.4 Å². The smallest absolute Gasteiger partial charge is 0.408 e. The van der Waals surface area contributed by atoms with Gasteiger partial charge in [-0.2, -0.15) is 0 Å². The number of carbonyl (C=O) groups excluding carboxylic acids is 1. The Morgan fingerprint density at radius 2 is 1.86 bits per heavy atom. The van der Waals surface area contributed by atoms with E-state index in [1.165, 1.54) is 12.1 Å². The molecule has 1 N–H and O–H groups in total. The summed E-state index contributed by atoms with van der Waals surface area (Å²) < 4.78 is 32.6. The van der Waals surface area contributed by atoms with Crippen LogP contribution >= 0.6 is 0 Å². The second-order valence-corrected chi connectivity index (χ2v) is 11.2. The van der Waals surface area contributed by atoms with E-state index < -0.39 is 11.6 Å². The van der Waals surface area contributed by atoms with E-state index in [4.69, 9.17) is 18.9 Å². The SMILES string of the molecule is CCCCOc1c(-c2nnc(Cc3ccc(F)cc3)o2)nc2n(c1=O)CC1CCC2(NC(=O)OCc2ccccc2)CC1. The summed E-state index contributed by atoms with van der Waals surface area (Å²) in [4.78, 5) is 32.2. The first-order valence-electron chi connectivity index (χ1n) is 14.8. The number of carbonyl (C=O) groups is 1. The predicted molar refractivity (Wildman–Crippen MR) is 155 cm³/mol. The normalized spacial score (nSPS) is 19.0. The summed E-state index contributed by atoms with van der Waals surface area (Å²) in [5.41, 5.74) is 0.563. The second-order valence-electron chi connectivity index (χ2n) is 11.2. The Balaban J connectivity index is 1.36. The molecule has 1 amide bonds. The van der Waals surface area contributed by atoms with Crippen LogP contribution in [0.25, 0.3) is 11.6 Å². The van der Waals surface area contributed by atoms with Gasteiger partial charge in [0, 0.05) is 6.54 Å². The van der Waals surface area contributed by atoms with Crippen LogP contribution < -0.4 is 15.6 Å². The van der Waals surface area contributed by atoms with Crippen LogP contribution in [0.4, 0.5) is 9.18 Å². The van der Waals surface area contributed by atoms with E-state index in [1.54, 1.807) is 16.7 Å². The molecule has 4 aromatic rings. The number of ether oxygens (including phenoxy) is 2. The van der Waals surface area contributed by atoms with Gasteiger partial charge < -0.3 is 19.2 Å². The van der Waals surface area contributed by atoms with Gasteiger partial charge in [0.15, 0.2) is 5.69 Å². The average Bonchev–Trinajstić information content (AvgIpc) is 3.36. The molecule has 0 saturated heterocycles. The average molecular weight is 588 g/mol. The van der Waals surface area contributed by atoms with Crippen molar-refractivity contribution in [3.8, 4) is 17.3 Å². The maximum Gasteiger partial charge on any atom is 0.408 e. The number of aromatic nitrogens is 4. The molecular formula is C32H34FN5O5. The molecule has 0 atom stereocenters. The Morgan fingerprint density at radius 1 is 1.09 bits per heavy atom. The standard InChI is InChI=1S/C32H34FN5O5/c1-2-3-17-41-27-26(28-37-36-25(43-28)18-21-9-11-24(33)12-10-21)34-30-32(15-13-22(14-16-32)19-38(30)29(27)39)35-31(40)42-20-23-7-5-4-6-8-23/h4-12,22H,2-3,13-20H2,1H3,(H,35,40). The van der Waals surface area contributed by atoms with Gasteiger partial charge >= 0.3 is 6.09 Å². The lowest BCUT2D eigenvalue weighted by Crippen LogP contribution is -2.49. The van der Waals surface area contributed by atoms with Crippen LogP contribution in [0, 0.1) is 11.7 Å². The van der Waals surface area contributed by atoms with E-state index in [0.717, 1.165) is 36.8 Å². The molecule has 2 aromatic heterocycles. The third kappa shape index (κ3) is 6.16. The number of unbranched alkanes of at least 4 members (excludes halogenated alkanes) is 1. The topological polar surface area (TPSA) is 121 Å². The fraction of sp³-hybridized carbons (Fsp3) is 0.406. The quantitative estimate of drug-likeness (QED) is 0.241. The van der Waals surface area contributed by atoms with Crippen LogP contribution in [0.2, 0.25) is 0 Å². The third-order valence-electron chi connectivity index (χ3n) is 8.19. The highest BCUT2D eigenvalue weighted by atomic mass is 19.1. The number of hydrogen-bond donors (Lipinski definition) is 1. The highest BCUT2D eigenvalue weighted by Gasteiger charge is 2.46. The van der Waals surface area contributed by atoms with Crippen molar-refractivity contribution < 1.29 is 23.1 Å². The van der Waals surface area contributed by atoms with E-state index in [2.05, 4.69) is 15.5 Å². The van der Waals surface area contributed by atoms with Gasteiger partial charge in [-0.1, -0.05) is 55.8 Å². The van der Waals surface area contributed by atoms with Crippen molar-refractivity contribution >= 4 is 6.09 Å². The third-order valence-corrected chi connectivity index (χ3v) is 8.19. The van der Waals surface area contributed by atoms with Crippen LogP contribution in [0.1, 0.15) is 68.3 Å². The van der Waals surface area contributed by atoms with E-state index in [0.29, 0.717) is 31.8 Å². The van der Waals surface area contributed by atoms with Gasteiger partial charge in [-0.15, -0.1) is 10.2 Å². The van der Waals surface area contributed by atoms with Crippen molar-refractivity contribution in [2.24, 2.45) is 5.92 Å². The number of amides is 1. The first-order valence-corrected chi connectivity index (χ1v) is 14.8. The molecule has 2 bridgehead atoms. The van der Waals surface area contributed by atoms with Crippen molar-refractivity contribution in [1.29, 1.82) is 0 Å². The zero-order valence-corrected chi connectivity index (χ0v) is 24.1. The zero-order chi connectivity index (χ0) is 29.8. The molecule has 2 aliphatic heterocycles. The molecule has 2 aromatic carbocycles. The van der Waals surface area contributed by atoms with E-state index in [9.17, 15) is 14.0 Å². The van der Waals surface area contributed by atoms with Gasteiger partial charge in [0.1, 0.15) is 23.8 Å². The van der Waals surface area contributed by atoms with Gasteiger partial charge in [0.05, 0.1) is 13.0 Å². The molecule has 0 unspecified atom stereocenters. The molecule has 1 saturated carbocycles. The summed E-state index contributed by atoms with van der Waals surface area (Å²) in [6.07, 6.45) is 4.22. The lowest BCUT2D eigenvalue weighted by Gasteiger charge is -2.36. The minimum atomic E-state index is -0.909. The molecule has 0 radical (unpaired) electrons. The largest absolute Gasteiger partial charge is 0.486 e. The monoisotopic (exact) mass is 587 g/mol. The Labute approximate surface area is 248 Å². The van der Waals surface area contributed by atoms with Gasteiger partial charge in [-0.05, 0) is 61.3 Å². The number of nitrogens with one attached hydrogen (secondary N) is 1. The highest BCUT2D eigenvalue weighted by Crippen LogP contribution is 2.43. The first kappa shape index (κ1) is 28.6. The van der Waals surface area contributed by atoms with E-state index in [1.807, 2.05) is 37.3 Å². The maximum absolute atomic E-state index is 14.1. The zero-order valence-electron chi connectivity index (χ0n) is 24.1. The number of alkyl carbamates (subject to hydrolysis) is 1. The molecule has 1 fully saturated rings. The molecule has 7 rings (SSSR count). The van der Waals surface area contributed by atoms with Gasteiger partial charge in [-0.3, -0.25) is 9.36 Å². The fourth-order valence-electron chi connectivity index (χ4n) is 5.83. The van der Waals surface area contributed by atoms with E-state index in [-0.39, 0.29) is 53.5 Å². The number of fused-ring (bicyclic) bond motifs is 2. The summed E-state index contributed by atoms with van der Waals surface area (Å²) in [6.45, 7) is 2.97. The molecular weight excluding hydrogens is 553 g/mol. The Kier molecular flexibility index (Phi) is 8.22. The minimum absolute atomic E-state index is 0.0460. The second kappa shape index (κ2) is 12.4. The lowest BCUT2D eigenvalue weighted by atomic mass is 9.77. The molecule has 0 spiro atoms. The van der Waals surface area contributed by atoms with Gasteiger partial charge in [0.2, 0.25) is 11.6 Å². The Bertz CT molecular complexity index is 1630. The summed E-state index contributed by atoms with van der Waals surface area (Å²) in [5, 5.41) is 11.5. The Morgan fingerprint density at radius 3 is 2.60 bits per heavy atom. The Hall–Kier alpha value is -4.54. The molecule has 10 nitrogen and oxygen atoms in total. The van der Waals surface area contributed by atoms with Crippen molar-refractivity contribution in [3.63, 3.8) is 0 Å². The number of benzene rings is 2. The molecule has 4 heterocycles.